The molecule has 0 fully saturated rings. The minimum atomic E-state index is -5.67. The number of carbonyl (C=O) groups is 1. The third kappa shape index (κ3) is 4.62. The van der Waals surface area contributed by atoms with Gasteiger partial charge in [-0.2, -0.15) is 22.0 Å². The molecule has 30 heavy (non-hydrogen) atoms. The molecule has 158 valence electrons. The van der Waals surface area contributed by atoms with Crippen molar-refractivity contribution in [2.45, 2.75) is 18.7 Å². The van der Waals surface area contributed by atoms with E-state index in [1.54, 1.807) is 30.3 Å². The molecule has 3 aromatic rings. The smallest absolute Gasteiger partial charge is 0.370 e. The molecule has 0 aliphatic rings. The first kappa shape index (κ1) is 21.4. The van der Waals surface area contributed by atoms with Crippen molar-refractivity contribution in [3.8, 4) is 17.1 Å². The monoisotopic (exact) mass is 426 g/mol. The van der Waals surface area contributed by atoms with Crippen LogP contribution in [0.25, 0.3) is 17.1 Å². The topological polar surface area (TPSA) is 83.0 Å². The number of rotatable bonds is 7. The van der Waals surface area contributed by atoms with Crippen LogP contribution in [0.1, 0.15) is 16.2 Å². The molecule has 0 radical (unpaired) electrons. The standard InChI is InChI=1S/C19H15F5N4O2/c20-18(21,19(22,23)24)11-30-10-12-6-8-14(9-7-12)28-17(13-4-2-1-3-5-13)26-16(27-28)15(25)29/h1-9H,10-11H2,(H2,25,29). The number of aromatic nitrogens is 3. The molecule has 0 saturated carbocycles. The zero-order valence-corrected chi connectivity index (χ0v) is 15.2. The quantitative estimate of drug-likeness (QED) is 0.584. The Morgan fingerprint density at radius 1 is 1.00 bits per heavy atom. The molecule has 3 rings (SSSR count). The molecule has 1 heterocycles. The number of amides is 1. The summed E-state index contributed by atoms with van der Waals surface area (Å²) in [4.78, 5) is 15.6. The van der Waals surface area contributed by atoms with E-state index < -0.39 is 31.2 Å². The highest BCUT2D eigenvalue weighted by Gasteiger charge is 2.57. The fourth-order valence-corrected chi connectivity index (χ4v) is 2.48. The fourth-order valence-electron chi connectivity index (χ4n) is 2.48. The van der Waals surface area contributed by atoms with Gasteiger partial charge < -0.3 is 10.5 Å². The van der Waals surface area contributed by atoms with E-state index in [1.165, 1.54) is 28.9 Å². The van der Waals surface area contributed by atoms with Crippen LogP contribution >= 0.6 is 0 Å². The zero-order valence-electron chi connectivity index (χ0n) is 15.2. The average molecular weight is 426 g/mol. The third-order valence-corrected chi connectivity index (χ3v) is 4.01. The molecule has 6 nitrogen and oxygen atoms in total. The Kier molecular flexibility index (Phi) is 5.83. The molecule has 2 N–H and O–H groups in total. The average Bonchev–Trinajstić information content (AvgIpc) is 3.14. The van der Waals surface area contributed by atoms with Crippen LogP contribution in [0.15, 0.2) is 54.6 Å². The number of halogens is 5. The van der Waals surface area contributed by atoms with Gasteiger partial charge in [-0.3, -0.25) is 4.79 Å². The molecule has 0 bridgehead atoms. The summed E-state index contributed by atoms with van der Waals surface area (Å²) in [6.45, 7) is -2.22. The summed E-state index contributed by atoms with van der Waals surface area (Å²) in [6, 6.07) is 14.9. The van der Waals surface area contributed by atoms with Gasteiger partial charge in [0.05, 0.1) is 12.3 Å². The van der Waals surface area contributed by atoms with Crippen molar-refractivity contribution in [3.63, 3.8) is 0 Å². The summed E-state index contributed by atoms with van der Waals surface area (Å²) >= 11 is 0. The Hall–Kier alpha value is -3.34. The lowest BCUT2D eigenvalue weighted by atomic mass is 10.2. The molecule has 1 amide bonds. The molecular weight excluding hydrogens is 411 g/mol. The molecule has 11 heteroatoms. The summed E-state index contributed by atoms with van der Waals surface area (Å²) in [5.41, 5.74) is 6.77. The van der Waals surface area contributed by atoms with E-state index in [-0.39, 0.29) is 5.82 Å². The maximum Gasteiger partial charge on any atom is 0.455 e. The zero-order chi connectivity index (χ0) is 21.9. The van der Waals surface area contributed by atoms with Gasteiger partial charge in [-0.15, -0.1) is 5.10 Å². The molecule has 2 aromatic carbocycles. The lowest BCUT2D eigenvalue weighted by Crippen LogP contribution is -2.40. The summed E-state index contributed by atoms with van der Waals surface area (Å²) in [6.07, 6.45) is -5.67. The number of benzene rings is 2. The maximum absolute atomic E-state index is 12.9. The van der Waals surface area contributed by atoms with Crippen molar-refractivity contribution < 1.29 is 31.5 Å². The van der Waals surface area contributed by atoms with E-state index >= 15 is 0 Å². The highest BCUT2D eigenvalue weighted by Crippen LogP contribution is 2.35. The number of carbonyl (C=O) groups excluding carboxylic acids is 1. The minimum Gasteiger partial charge on any atom is -0.370 e. The van der Waals surface area contributed by atoms with Gasteiger partial charge in [0, 0.05) is 5.56 Å². The number of nitrogens with zero attached hydrogens (tertiary/aromatic N) is 3. The lowest BCUT2D eigenvalue weighted by Gasteiger charge is -2.19. The molecule has 0 unspecified atom stereocenters. The first-order chi connectivity index (χ1) is 14.1. The molecule has 0 spiro atoms. The van der Waals surface area contributed by atoms with E-state index in [9.17, 15) is 26.7 Å². The number of nitrogens with two attached hydrogens (primary N) is 1. The number of ether oxygens (including phenoxy) is 1. The second-order valence-corrected chi connectivity index (χ2v) is 6.26. The highest BCUT2D eigenvalue weighted by molar-refractivity contribution is 5.89. The third-order valence-electron chi connectivity index (χ3n) is 4.01. The van der Waals surface area contributed by atoms with Gasteiger partial charge in [0.1, 0.15) is 6.61 Å². The fraction of sp³-hybridized carbons (Fsp3) is 0.211. The SMILES string of the molecule is NC(=O)c1nc(-c2ccccc2)n(-c2ccc(COCC(F)(F)C(F)(F)F)cc2)n1. The number of hydrogen-bond donors (Lipinski definition) is 1. The number of alkyl halides is 5. The summed E-state index contributed by atoms with van der Waals surface area (Å²) in [7, 11) is 0. The van der Waals surface area contributed by atoms with Gasteiger partial charge in [-0.05, 0) is 17.7 Å². The summed E-state index contributed by atoms with van der Waals surface area (Å²) in [5.74, 6) is -5.60. The molecular formula is C19H15F5N4O2. The highest BCUT2D eigenvalue weighted by atomic mass is 19.4. The van der Waals surface area contributed by atoms with Crippen LogP contribution in [0.2, 0.25) is 0 Å². The van der Waals surface area contributed by atoms with Crippen LogP contribution in [0.5, 0.6) is 0 Å². The Morgan fingerprint density at radius 3 is 2.20 bits per heavy atom. The molecule has 0 saturated heterocycles. The van der Waals surface area contributed by atoms with Gasteiger partial charge in [0.2, 0.25) is 5.82 Å². The maximum atomic E-state index is 12.9. The van der Waals surface area contributed by atoms with Gasteiger partial charge in [-0.1, -0.05) is 42.5 Å². The Bertz CT molecular complexity index is 1020. The van der Waals surface area contributed by atoms with E-state index in [4.69, 9.17) is 5.73 Å². The molecule has 0 atom stereocenters. The van der Waals surface area contributed by atoms with Crippen molar-refractivity contribution in [2.24, 2.45) is 5.73 Å². The van der Waals surface area contributed by atoms with Crippen molar-refractivity contribution in [1.82, 2.24) is 14.8 Å². The first-order valence-corrected chi connectivity index (χ1v) is 8.52. The van der Waals surface area contributed by atoms with E-state index in [0.29, 0.717) is 22.6 Å². The van der Waals surface area contributed by atoms with Crippen LogP contribution < -0.4 is 5.73 Å². The molecule has 1 aromatic heterocycles. The predicted octanol–water partition coefficient (Wildman–Crippen LogP) is 3.75. The second-order valence-electron chi connectivity index (χ2n) is 6.26. The van der Waals surface area contributed by atoms with Crippen LogP contribution in [0, 0.1) is 0 Å². The van der Waals surface area contributed by atoms with Crippen molar-refractivity contribution >= 4 is 5.91 Å². The lowest BCUT2D eigenvalue weighted by molar-refractivity contribution is -0.297. The molecule has 0 aliphatic carbocycles. The van der Waals surface area contributed by atoms with E-state index in [0.717, 1.165) is 0 Å². The summed E-state index contributed by atoms with van der Waals surface area (Å²) < 4.78 is 68.1. The predicted molar refractivity (Wildman–Crippen MR) is 96.0 cm³/mol. The van der Waals surface area contributed by atoms with Crippen molar-refractivity contribution in [1.29, 1.82) is 0 Å². The number of hydrogen-bond acceptors (Lipinski definition) is 4. The normalized spacial score (nSPS) is 12.2. The summed E-state index contributed by atoms with van der Waals surface area (Å²) in [5, 5.41) is 4.08. The van der Waals surface area contributed by atoms with Gasteiger partial charge in [0.25, 0.3) is 5.91 Å². The van der Waals surface area contributed by atoms with Crippen LogP contribution in [0.4, 0.5) is 22.0 Å². The van der Waals surface area contributed by atoms with Crippen LogP contribution in [-0.2, 0) is 11.3 Å². The van der Waals surface area contributed by atoms with Gasteiger partial charge in [0.15, 0.2) is 5.82 Å². The van der Waals surface area contributed by atoms with E-state index in [2.05, 4.69) is 14.8 Å². The van der Waals surface area contributed by atoms with Gasteiger partial charge >= 0.3 is 12.1 Å². The van der Waals surface area contributed by atoms with Crippen LogP contribution in [-0.4, -0.2) is 39.4 Å². The van der Waals surface area contributed by atoms with Crippen molar-refractivity contribution in [2.75, 3.05) is 6.61 Å². The minimum absolute atomic E-state index is 0.198. The Balaban J connectivity index is 1.79. The second kappa shape index (κ2) is 8.19. The number of primary amides is 1. The Morgan fingerprint density at radius 2 is 1.63 bits per heavy atom. The van der Waals surface area contributed by atoms with Gasteiger partial charge in [-0.25, -0.2) is 9.67 Å². The first-order valence-electron chi connectivity index (χ1n) is 8.52. The van der Waals surface area contributed by atoms with Crippen molar-refractivity contribution in [3.05, 3.63) is 66.0 Å². The van der Waals surface area contributed by atoms with E-state index in [1.807, 2.05) is 0 Å². The Labute approximate surface area is 167 Å². The van der Waals surface area contributed by atoms with Crippen LogP contribution in [0.3, 0.4) is 0 Å². The molecule has 0 aliphatic heterocycles. The largest absolute Gasteiger partial charge is 0.455 e.